The minimum Gasteiger partial charge on any atom is -0.350 e. The van der Waals surface area contributed by atoms with Crippen LogP contribution in [0.25, 0.3) is 0 Å². The number of piperidine rings is 1. The fraction of sp³-hybridized carbons (Fsp3) is 0.733. The molecule has 0 aromatic carbocycles. The molecular weight excluding hydrogens is 252 g/mol. The molecule has 2 atom stereocenters. The lowest BCUT2D eigenvalue weighted by Crippen LogP contribution is -2.48. The number of hydrogen-bond donors (Lipinski definition) is 1. The highest BCUT2D eigenvalue weighted by Crippen LogP contribution is 2.14. The summed E-state index contributed by atoms with van der Waals surface area (Å²) in [5.74, 6) is 1.29. The fourth-order valence-electron chi connectivity index (χ4n) is 2.55. The zero-order valence-corrected chi connectivity index (χ0v) is 12.8. The van der Waals surface area contributed by atoms with Gasteiger partial charge in [-0.25, -0.2) is 4.98 Å². The van der Waals surface area contributed by atoms with Crippen molar-refractivity contribution in [1.82, 2.24) is 14.9 Å². The summed E-state index contributed by atoms with van der Waals surface area (Å²) >= 11 is 0. The Morgan fingerprint density at radius 2 is 2.35 bits per heavy atom. The zero-order valence-electron chi connectivity index (χ0n) is 12.8. The maximum atomic E-state index is 12.1. The number of nitrogens with one attached hydrogen (secondary N) is 1. The van der Waals surface area contributed by atoms with Crippen molar-refractivity contribution < 1.29 is 0 Å². The molecule has 2 heterocycles. The molecule has 0 unspecified atom stereocenters. The van der Waals surface area contributed by atoms with Crippen molar-refractivity contribution in [3.8, 4) is 0 Å². The fourth-order valence-corrected chi connectivity index (χ4v) is 2.55. The van der Waals surface area contributed by atoms with E-state index in [2.05, 4.69) is 29.0 Å². The molecule has 5 nitrogen and oxygen atoms in total. The molecule has 1 saturated heterocycles. The van der Waals surface area contributed by atoms with Crippen molar-refractivity contribution in [2.24, 2.45) is 13.0 Å². The summed E-state index contributed by atoms with van der Waals surface area (Å²) < 4.78 is 1.60. The van der Waals surface area contributed by atoms with Gasteiger partial charge >= 0.3 is 0 Å². The van der Waals surface area contributed by atoms with Crippen LogP contribution in [0.2, 0.25) is 0 Å². The molecule has 0 radical (unpaired) electrons. The molecule has 1 aliphatic heterocycles. The quantitative estimate of drug-likeness (QED) is 0.884. The number of hydrogen-bond acceptors (Lipinski definition) is 4. The van der Waals surface area contributed by atoms with Gasteiger partial charge in [-0.1, -0.05) is 20.3 Å². The van der Waals surface area contributed by atoms with E-state index >= 15 is 0 Å². The van der Waals surface area contributed by atoms with Crippen LogP contribution in [0.5, 0.6) is 0 Å². The second kappa shape index (κ2) is 6.88. The highest BCUT2D eigenvalue weighted by molar-refractivity contribution is 5.36. The van der Waals surface area contributed by atoms with Crippen LogP contribution in [0.3, 0.4) is 0 Å². The summed E-state index contributed by atoms with van der Waals surface area (Å²) in [6.07, 6.45) is 6.89. The Balaban J connectivity index is 2.00. The van der Waals surface area contributed by atoms with Crippen molar-refractivity contribution in [2.75, 3.05) is 24.5 Å². The van der Waals surface area contributed by atoms with Crippen molar-refractivity contribution in [1.29, 1.82) is 0 Å². The summed E-state index contributed by atoms with van der Waals surface area (Å²) in [7, 11) is 1.77. The van der Waals surface area contributed by atoms with E-state index < -0.39 is 0 Å². The van der Waals surface area contributed by atoms with E-state index in [1.807, 2.05) is 0 Å². The van der Waals surface area contributed by atoms with E-state index in [4.69, 9.17) is 0 Å². The molecule has 0 bridgehead atoms. The van der Waals surface area contributed by atoms with Crippen molar-refractivity contribution >= 4 is 5.82 Å². The molecular formula is C15H26N4O. The molecule has 0 aliphatic carbocycles. The van der Waals surface area contributed by atoms with E-state index in [1.54, 1.807) is 24.0 Å². The van der Waals surface area contributed by atoms with Crippen LogP contribution in [-0.2, 0) is 7.05 Å². The topological polar surface area (TPSA) is 50.2 Å². The maximum absolute atomic E-state index is 12.1. The minimum atomic E-state index is -0.00456. The highest BCUT2D eigenvalue weighted by atomic mass is 16.1. The Bertz CT molecular complexity index is 485. The van der Waals surface area contributed by atoms with E-state index in [0.29, 0.717) is 17.8 Å². The van der Waals surface area contributed by atoms with Gasteiger partial charge in [-0.2, -0.15) is 0 Å². The first-order valence-electron chi connectivity index (χ1n) is 7.61. The smallest absolute Gasteiger partial charge is 0.293 e. The predicted octanol–water partition coefficient (Wildman–Crippen LogP) is 1.38. The predicted molar refractivity (Wildman–Crippen MR) is 82.2 cm³/mol. The first-order chi connectivity index (χ1) is 9.61. The molecule has 1 N–H and O–H groups in total. The van der Waals surface area contributed by atoms with Gasteiger partial charge in [-0.3, -0.25) is 4.79 Å². The summed E-state index contributed by atoms with van der Waals surface area (Å²) in [5, 5.41) is 3.63. The van der Waals surface area contributed by atoms with Gasteiger partial charge in [0.25, 0.3) is 5.56 Å². The van der Waals surface area contributed by atoms with Crippen molar-refractivity contribution in [3.05, 3.63) is 22.7 Å². The molecule has 0 amide bonds. The third-order valence-electron chi connectivity index (χ3n) is 4.17. The molecule has 5 heteroatoms. The number of aryl methyl sites for hydroxylation is 1. The van der Waals surface area contributed by atoms with Crippen LogP contribution in [0.4, 0.5) is 5.82 Å². The van der Waals surface area contributed by atoms with Gasteiger partial charge in [0.2, 0.25) is 0 Å². The van der Waals surface area contributed by atoms with Crippen molar-refractivity contribution in [3.63, 3.8) is 0 Å². The van der Waals surface area contributed by atoms with Crippen LogP contribution < -0.4 is 15.8 Å². The normalized spacial score (nSPS) is 20.9. The molecule has 0 saturated carbocycles. The van der Waals surface area contributed by atoms with Crippen LogP contribution >= 0.6 is 0 Å². The summed E-state index contributed by atoms with van der Waals surface area (Å²) in [4.78, 5) is 18.5. The Hall–Kier alpha value is -1.36. The van der Waals surface area contributed by atoms with Crippen LogP contribution in [0.15, 0.2) is 17.2 Å². The zero-order chi connectivity index (χ0) is 14.5. The lowest BCUT2D eigenvalue weighted by molar-refractivity contribution is 0.385. The van der Waals surface area contributed by atoms with Gasteiger partial charge in [0.15, 0.2) is 5.82 Å². The molecule has 20 heavy (non-hydrogen) atoms. The third kappa shape index (κ3) is 3.60. The Kier molecular flexibility index (Phi) is 5.17. The summed E-state index contributed by atoms with van der Waals surface area (Å²) in [6.45, 7) is 7.34. The van der Waals surface area contributed by atoms with Gasteiger partial charge in [0.1, 0.15) is 0 Å². The standard InChI is InChI=1S/C15H26N4O/c1-4-12(2)10-17-13-6-5-8-19(11-13)14-15(20)18(3)9-7-16-14/h7,9,12-13,17H,4-6,8,10-11H2,1-3H3/t12-,13-/m1/s1. The molecule has 0 spiro atoms. The second-order valence-electron chi connectivity index (χ2n) is 5.87. The van der Waals surface area contributed by atoms with Gasteiger partial charge in [-0.15, -0.1) is 0 Å². The number of nitrogens with zero attached hydrogens (tertiary/aromatic N) is 3. The molecule has 2 rings (SSSR count). The SMILES string of the molecule is CC[C@@H](C)CN[C@@H]1CCCN(c2nccn(C)c2=O)C1. The lowest BCUT2D eigenvalue weighted by atomic mass is 10.0. The Labute approximate surface area is 121 Å². The van der Waals surface area contributed by atoms with Gasteiger partial charge in [0, 0.05) is 38.6 Å². The Morgan fingerprint density at radius 1 is 1.55 bits per heavy atom. The lowest BCUT2D eigenvalue weighted by Gasteiger charge is -2.34. The van der Waals surface area contributed by atoms with E-state index in [1.165, 1.54) is 12.8 Å². The average molecular weight is 278 g/mol. The maximum Gasteiger partial charge on any atom is 0.293 e. The van der Waals surface area contributed by atoms with E-state index in [-0.39, 0.29) is 5.56 Å². The second-order valence-corrected chi connectivity index (χ2v) is 5.87. The van der Waals surface area contributed by atoms with Gasteiger partial charge in [0.05, 0.1) is 0 Å². The summed E-state index contributed by atoms with van der Waals surface area (Å²) in [5.41, 5.74) is -0.00456. The van der Waals surface area contributed by atoms with E-state index in [9.17, 15) is 4.79 Å². The first-order valence-corrected chi connectivity index (χ1v) is 7.61. The van der Waals surface area contributed by atoms with Crippen LogP contribution in [-0.4, -0.2) is 35.2 Å². The Morgan fingerprint density at radius 3 is 3.10 bits per heavy atom. The third-order valence-corrected chi connectivity index (χ3v) is 4.17. The molecule has 1 aromatic heterocycles. The van der Waals surface area contributed by atoms with Crippen molar-refractivity contribution in [2.45, 2.75) is 39.2 Å². The van der Waals surface area contributed by atoms with Crippen LogP contribution in [0.1, 0.15) is 33.1 Å². The summed E-state index contributed by atoms with van der Waals surface area (Å²) in [6, 6.07) is 0.462. The molecule has 1 aliphatic rings. The average Bonchev–Trinajstić information content (AvgIpc) is 2.48. The molecule has 112 valence electrons. The van der Waals surface area contributed by atoms with Crippen LogP contribution in [0, 0.1) is 5.92 Å². The first kappa shape index (κ1) is 15.0. The van der Waals surface area contributed by atoms with Gasteiger partial charge in [-0.05, 0) is 25.3 Å². The number of aromatic nitrogens is 2. The monoisotopic (exact) mass is 278 g/mol. The molecule has 1 fully saturated rings. The molecule has 1 aromatic rings. The number of anilines is 1. The van der Waals surface area contributed by atoms with Gasteiger partial charge < -0.3 is 14.8 Å². The number of rotatable bonds is 5. The minimum absolute atomic E-state index is 0.00456. The largest absolute Gasteiger partial charge is 0.350 e. The highest BCUT2D eigenvalue weighted by Gasteiger charge is 2.22. The van der Waals surface area contributed by atoms with E-state index in [0.717, 1.165) is 26.1 Å².